The Balaban J connectivity index is 1.93. The number of urea groups is 1. The fourth-order valence-corrected chi connectivity index (χ4v) is 2.26. The minimum absolute atomic E-state index is 0.106. The Hall–Kier alpha value is -2.41. The summed E-state index contributed by atoms with van der Waals surface area (Å²) in [5, 5.41) is 5.80. The van der Waals surface area contributed by atoms with Crippen LogP contribution in [0.4, 0.5) is 18.0 Å². The average molecular weight is 373 g/mol. The second-order valence-corrected chi connectivity index (χ2v) is 5.69. The number of rotatable bonds is 5. The molecular formula is C17H16ClF3N2O2. The van der Waals surface area contributed by atoms with Gasteiger partial charge >= 0.3 is 12.4 Å². The smallest absolute Gasteiger partial charge is 0.405 e. The maximum atomic E-state index is 12.4. The number of alkyl halides is 3. The standard InChI is InChI=1S/C17H16ClF3N2O2/c1-11(12-6-8-14(18)9-7-12)23-16(24)22-10-13-4-2-3-5-15(13)25-17(19,20)21/h2-9,11H,10H2,1H3,(H2,22,23,24). The van der Waals surface area contributed by atoms with Crippen molar-refractivity contribution in [2.45, 2.75) is 25.9 Å². The van der Waals surface area contributed by atoms with E-state index in [2.05, 4.69) is 15.4 Å². The van der Waals surface area contributed by atoms with Gasteiger partial charge in [-0.1, -0.05) is 41.9 Å². The molecular weight excluding hydrogens is 357 g/mol. The predicted octanol–water partition coefficient (Wildman–Crippen LogP) is 4.80. The van der Waals surface area contributed by atoms with Gasteiger partial charge in [-0.05, 0) is 30.7 Å². The van der Waals surface area contributed by atoms with Crippen LogP contribution in [0.1, 0.15) is 24.1 Å². The highest BCUT2D eigenvalue weighted by molar-refractivity contribution is 6.30. The monoisotopic (exact) mass is 372 g/mol. The number of carbonyl (C=O) groups excluding carboxylic acids is 1. The summed E-state index contributed by atoms with van der Waals surface area (Å²) in [4.78, 5) is 12.0. The Morgan fingerprint density at radius 2 is 1.80 bits per heavy atom. The molecule has 0 saturated carbocycles. The molecule has 0 spiro atoms. The molecule has 0 aliphatic heterocycles. The van der Waals surface area contributed by atoms with Crippen molar-refractivity contribution in [3.63, 3.8) is 0 Å². The lowest BCUT2D eigenvalue weighted by molar-refractivity contribution is -0.274. The first-order valence-electron chi connectivity index (χ1n) is 7.38. The zero-order chi connectivity index (χ0) is 18.4. The second-order valence-electron chi connectivity index (χ2n) is 5.26. The van der Waals surface area contributed by atoms with Crippen LogP contribution in [0.5, 0.6) is 5.75 Å². The summed E-state index contributed by atoms with van der Waals surface area (Å²) in [6, 6.07) is 11.8. The van der Waals surface area contributed by atoms with Crippen LogP contribution in [0.2, 0.25) is 5.02 Å². The lowest BCUT2D eigenvalue weighted by Gasteiger charge is -2.16. The number of halogens is 4. The fourth-order valence-electron chi connectivity index (χ4n) is 2.13. The van der Waals surface area contributed by atoms with Gasteiger partial charge < -0.3 is 15.4 Å². The zero-order valence-electron chi connectivity index (χ0n) is 13.2. The largest absolute Gasteiger partial charge is 0.573 e. The van der Waals surface area contributed by atoms with Crippen molar-refractivity contribution < 1.29 is 22.7 Å². The van der Waals surface area contributed by atoms with E-state index in [1.807, 2.05) is 0 Å². The highest BCUT2D eigenvalue weighted by Gasteiger charge is 2.31. The lowest BCUT2D eigenvalue weighted by Crippen LogP contribution is -2.36. The van der Waals surface area contributed by atoms with Crippen molar-refractivity contribution in [1.82, 2.24) is 10.6 Å². The van der Waals surface area contributed by atoms with Gasteiger partial charge in [0.25, 0.3) is 0 Å². The zero-order valence-corrected chi connectivity index (χ0v) is 14.0. The molecule has 2 rings (SSSR count). The summed E-state index contributed by atoms with van der Waals surface area (Å²) in [5.41, 5.74) is 1.06. The van der Waals surface area contributed by atoms with Crippen LogP contribution in [-0.4, -0.2) is 12.4 Å². The molecule has 25 heavy (non-hydrogen) atoms. The second kappa shape index (κ2) is 8.11. The maximum absolute atomic E-state index is 12.4. The van der Waals surface area contributed by atoms with Crippen molar-refractivity contribution in [2.75, 3.05) is 0 Å². The number of benzene rings is 2. The van der Waals surface area contributed by atoms with Gasteiger partial charge in [-0.25, -0.2) is 4.79 Å². The number of amides is 2. The molecule has 1 atom stereocenters. The van der Waals surface area contributed by atoms with E-state index in [4.69, 9.17) is 11.6 Å². The third kappa shape index (κ3) is 6.19. The molecule has 1 unspecified atom stereocenters. The molecule has 0 aliphatic carbocycles. The lowest BCUT2D eigenvalue weighted by atomic mass is 10.1. The fraction of sp³-hybridized carbons (Fsp3) is 0.235. The Bertz CT molecular complexity index is 721. The van der Waals surface area contributed by atoms with Crippen LogP contribution in [-0.2, 0) is 6.54 Å². The van der Waals surface area contributed by atoms with Gasteiger partial charge in [-0.3, -0.25) is 0 Å². The Labute approximate surface area is 147 Å². The molecule has 2 N–H and O–H groups in total. The quantitative estimate of drug-likeness (QED) is 0.792. The van der Waals surface area contributed by atoms with Gasteiger partial charge in [0.05, 0.1) is 6.04 Å². The van der Waals surface area contributed by atoms with E-state index in [-0.39, 0.29) is 23.9 Å². The van der Waals surface area contributed by atoms with Crippen molar-refractivity contribution in [2.24, 2.45) is 0 Å². The van der Waals surface area contributed by atoms with Crippen LogP contribution in [0.15, 0.2) is 48.5 Å². The van der Waals surface area contributed by atoms with E-state index in [1.54, 1.807) is 37.3 Å². The maximum Gasteiger partial charge on any atom is 0.573 e. The van der Waals surface area contributed by atoms with Crippen molar-refractivity contribution >= 4 is 17.6 Å². The van der Waals surface area contributed by atoms with Gasteiger partial charge in [0.2, 0.25) is 0 Å². The number of hydrogen-bond donors (Lipinski definition) is 2. The minimum atomic E-state index is -4.79. The van der Waals surface area contributed by atoms with Crippen LogP contribution >= 0.6 is 11.6 Å². The van der Waals surface area contributed by atoms with Gasteiger partial charge in [-0.15, -0.1) is 13.2 Å². The van der Waals surface area contributed by atoms with Crippen LogP contribution in [0, 0.1) is 0 Å². The molecule has 2 amide bonds. The molecule has 134 valence electrons. The molecule has 0 saturated heterocycles. The van der Waals surface area contributed by atoms with E-state index in [0.717, 1.165) is 5.56 Å². The van der Waals surface area contributed by atoms with Crippen LogP contribution in [0.3, 0.4) is 0 Å². The van der Waals surface area contributed by atoms with Crippen molar-refractivity contribution in [3.05, 3.63) is 64.7 Å². The summed E-state index contributed by atoms with van der Waals surface area (Å²) in [6.45, 7) is 1.68. The number of hydrogen-bond acceptors (Lipinski definition) is 2. The summed E-state index contributed by atoms with van der Waals surface area (Å²) in [7, 11) is 0. The molecule has 0 heterocycles. The first-order chi connectivity index (χ1) is 11.7. The molecule has 0 radical (unpaired) electrons. The topological polar surface area (TPSA) is 50.4 Å². The van der Waals surface area contributed by atoms with Crippen LogP contribution in [0.25, 0.3) is 0 Å². The Morgan fingerprint density at radius 3 is 2.44 bits per heavy atom. The van der Waals surface area contributed by atoms with Gasteiger partial charge in [0, 0.05) is 17.1 Å². The molecule has 0 aromatic heterocycles. The third-order valence-corrected chi connectivity index (χ3v) is 3.61. The van der Waals surface area contributed by atoms with Crippen molar-refractivity contribution in [3.8, 4) is 5.75 Å². The molecule has 0 aliphatic rings. The third-order valence-electron chi connectivity index (χ3n) is 3.36. The molecule has 2 aromatic carbocycles. The van der Waals surface area contributed by atoms with Gasteiger partial charge in [-0.2, -0.15) is 0 Å². The minimum Gasteiger partial charge on any atom is -0.405 e. The Kier molecular flexibility index (Phi) is 6.14. The number of ether oxygens (including phenoxy) is 1. The molecule has 0 bridgehead atoms. The van der Waals surface area contributed by atoms with Crippen LogP contribution < -0.4 is 15.4 Å². The molecule has 2 aromatic rings. The van der Waals surface area contributed by atoms with E-state index in [9.17, 15) is 18.0 Å². The SMILES string of the molecule is CC(NC(=O)NCc1ccccc1OC(F)(F)F)c1ccc(Cl)cc1. The summed E-state index contributed by atoms with van der Waals surface area (Å²) >= 11 is 5.81. The molecule has 8 heteroatoms. The predicted molar refractivity (Wildman–Crippen MR) is 88.4 cm³/mol. The van der Waals surface area contributed by atoms with E-state index in [0.29, 0.717) is 5.02 Å². The number of para-hydroxylation sites is 1. The molecule has 0 fully saturated rings. The van der Waals surface area contributed by atoms with E-state index >= 15 is 0 Å². The summed E-state index contributed by atoms with van der Waals surface area (Å²) in [5.74, 6) is -0.346. The van der Waals surface area contributed by atoms with E-state index in [1.165, 1.54) is 18.2 Å². The summed E-state index contributed by atoms with van der Waals surface area (Å²) in [6.07, 6.45) is -4.79. The van der Waals surface area contributed by atoms with E-state index < -0.39 is 12.4 Å². The highest BCUT2D eigenvalue weighted by atomic mass is 35.5. The molecule has 4 nitrogen and oxygen atoms in total. The first kappa shape index (κ1) is 18.9. The summed E-state index contributed by atoms with van der Waals surface area (Å²) < 4.78 is 41.1. The highest BCUT2D eigenvalue weighted by Crippen LogP contribution is 2.26. The Morgan fingerprint density at radius 1 is 1.16 bits per heavy atom. The normalized spacial score (nSPS) is 12.4. The van der Waals surface area contributed by atoms with Crippen molar-refractivity contribution in [1.29, 1.82) is 0 Å². The average Bonchev–Trinajstić information content (AvgIpc) is 2.53. The number of carbonyl (C=O) groups is 1. The van der Waals surface area contributed by atoms with Gasteiger partial charge in [0.15, 0.2) is 0 Å². The number of nitrogens with one attached hydrogen (secondary N) is 2. The van der Waals surface area contributed by atoms with Gasteiger partial charge in [0.1, 0.15) is 5.75 Å². The first-order valence-corrected chi connectivity index (χ1v) is 7.76.